The normalized spacial score (nSPS) is 17.1. The van der Waals surface area contributed by atoms with Crippen molar-refractivity contribution in [2.24, 2.45) is 5.92 Å². The maximum absolute atomic E-state index is 9.49. The van der Waals surface area contributed by atoms with Crippen molar-refractivity contribution in [3.05, 3.63) is 0 Å². The first kappa shape index (κ1) is 12.9. The zero-order valence-electron chi connectivity index (χ0n) is 9.58. The first-order valence-electron chi connectivity index (χ1n) is 4.97. The molecule has 2 atom stereocenters. The van der Waals surface area contributed by atoms with Crippen molar-refractivity contribution in [2.75, 3.05) is 34.3 Å². The van der Waals surface area contributed by atoms with E-state index in [4.69, 9.17) is 4.74 Å². The van der Waals surface area contributed by atoms with Crippen molar-refractivity contribution in [1.29, 1.82) is 0 Å². The molecule has 0 aliphatic carbocycles. The number of hydrogen-bond donors (Lipinski definition) is 1. The van der Waals surface area contributed by atoms with Gasteiger partial charge in [0.1, 0.15) is 6.54 Å². The Kier molecular flexibility index (Phi) is 5.53. The number of ether oxygens (including phenoxy) is 1. The largest absolute Gasteiger partial charge is 0.368 e. The minimum atomic E-state index is -0.600. The highest BCUT2D eigenvalue weighted by Crippen LogP contribution is 2.08. The van der Waals surface area contributed by atoms with Gasteiger partial charge in [-0.3, -0.25) is 0 Å². The second-order valence-electron chi connectivity index (χ2n) is 4.66. The van der Waals surface area contributed by atoms with Crippen LogP contribution in [0.15, 0.2) is 0 Å². The molecule has 0 radical (unpaired) electrons. The molecule has 80 valence electrons. The third-order valence-electron chi connectivity index (χ3n) is 2.18. The number of aliphatic hydroxyl groups excluding tert-OH is 1. The van der Waals surface area contributed by atoms with Gasteiger partial charge >= 0.3 is 0 Å². The summed E-state index contributed by atoms with van der Waals surface area (Å²) in [5.41, 5.74) is 0. The van der Waals surface area contributed by atoms with E-state index in [1.807, 2.05) is 6.92 Å². The van der Waals surface area contributed by atoms with E-state index in [1.54, 1.807) is 0 Å². The summed E-state index contributed by atoms with van der Waals surface area (Å²) in [5.74, 6) is 0.229. The highest BCUT2D eigenvalue weighted by Gasteiger charge is 2.14. The van der Waals surface area contributed by atoms with Crippen molar-refractivity contribution < 1.29 is 14.3 Å². The number of nitrogens with zero attached hydrogens (tertiary/aromatic N) is 1. The molecule has 0 aromatic rings. The van der Waals surface area contributed by atoms with E-state index < -0.39 is 6.29 Å². The predicted molar refractivity (Wildman–Crippen MR) is 54.3 cm³/mol. The van der Waals surface area contributed by atoms with Crippen LogP contribution in [0.2, 0.25) is 0 Å². The van der Waals surface area contributed by atoms with Gasteiger partial charge in [0.2, 0.25) is 0 Å². The molecule has 0 rings (SSSR count). The van der Waals surface area contributed by atoms with Crippen molar-refractivity contribution >= 4 is 0 Å². The summed E-state index contributed by atoms with van der Waals surface area (Å²) in [6.45, 7) is 5.59. The first-order chi connectivity index (χ1) is 5.87. The number of rotatable bonds is 6. The predicted octanol–water partition coefficient (Wildman–Crippen LogP) is 1.07. The summed E-state index contributed by atoms with van der Waals surface area (Å²) in [7, 11) is 6.33. The summed E-state index contributed by atoms with van der Waals surface area (Å²) in [6, 6.07) is 0. The van der Waals surface area contributed by atoms with Gasteiger partial charge in [0.25, 0.3) is 0 Å². The molecule has 0 heterocycles. The molecule has 0 aromatic heterocycles. The van der Waals surface area contributed by atoms with Gasteiger partial charge in [0.15, 0.2) is 6.29 Å². The summed E-state index contributed by atoms with van der Waals surface area (Å²) < 4.78 is 6.18. The Labute approximate surface area is 81.9 Å². The molecule has 0 spiro atoms. The molecule has 0 amide bonds. The lowest BCUT2D eigenvalue weighted by atomic mass is 10.1. The Morgan fingerprint density at radius 2 is 1.85 bits per heavy atom. The van der Waals surface area contributed by atoms with Crippen LogP contribution in [0.5, 0.6) is 0 Å². The van der Waals surface area contributed by atoms with E-state index >= 15 is 0 Å². The average Bonchev–Trinajstić information content (AvgIpc) is 2.00. The van der Waals surface area contributed by atoms with E-state index in [0.717, 1.165) is 17.4 Å². The van der Waals surface area contributed by atoms with Crippen molar-refractivity contribution in [3.63, 3.8) is 0 Å². The summed E-state index contributed by atoms with van der Waals surface area (Å²) in [4.78, 5) is 0. The standard InChI is InChI=1S/C10H24NO2/c1-6-9(2)10(12)13-8-7-11(3,4)5/h9-10,12H,6-8H2,1-5H3/q+1. The number of likely N-dealkylation sites (N-methyl/N-ethyl adjacent to an activating group) is 1. The van der Waals surface area contributed by atoms with Crippen LogP contribution in [0.3, 0.4) is 0 Å². The molecule has 0 saturated heterocycles. The van der Waals surface area contributed by atoms with Gasteiger partial charge in [-0.15, -0.1) is 0 Å². The molecule has 2 unspecified atom stereocenters. The molecule has 0 aromatic carbocycles. The Morgan fingerprint density at radius 3 is 2.23 bits per heavy atom. The highest BCUT2D eigenvalue weighted by atomic mass is 16.6. The van der Waals surface area contributed by atoms with E-state index in [9.17, 15) is 5.11 Å². The minimum Gasteiger partial charge on any atom is -0.368 e. The zero-order chi connectivity index (χ0) is 10.5. The molecule has 3 nitrogen and oxygen atoms in total. The maximum atomic E-state index is 9.49. The quantitative estimate of drug-likeness (QED) is 0.501. The third kappa shape index (κ3) is 6.99. The highest BCUT2D eigenvalue weighted by molar-refractivity contribution is 4.51. The van der Waals surface area contributed by atoms with Gasteiger partial charge in [-0.05, 0) is 6.42 Å². The third-order valence-corrected chi connectivity index (χ3v) is 2.18. The smallest absolute Gasteiger partial charge is 0.157 e. The molecule has 1 N–H and O–H groups in total. The fraction of sp³-hybridized carbons (Fsp3) is 1.00. The second-order valence-corrected chi connectivity index (χ2v) is 4.66. The lowest BCUT2D eigenvalue weighted by molar-refractivity contribution is -0.871. The van der Waals surface area contributed by atoms with Crippen molar-refractivity contribution in [3.8, 4) is 0 Å². The Bertz CT molecular complexity index is 131. The number of quaternary nitrogens is 1. The molecule has 0 aliphatic heterocycles. The van der Waals surface area contributed by atoms with Crippen LogP contribution in [0.4, 0.5) is 0 Å². The van der Waals surface area contributed by atoms with Gasteiger partial charge in [0, 0.05) is 5.92 Å². The molecular formula is C10H24NO2+. The van der Waals surface area contributed by atoms with Crippen LogP contribution >= 0.6 is 0 Å². The van der Waals surface area contributed by atoms with Crippen LogP contribution < -0.4 is 0 Å². The summed E-state index contributed by atoms with van der Waals surface area (Å²) in [6.07, 6.45) is 0.350. The van der Waals surface area contributed by atoms with E-state index in [0.29, 0.717) is 6.61 Å². The maximum Gasteiger partial charge on any atom is 0.157 e. The van der Waals surface area contributed by atoms with Crippen LogP contribution in [-0.2, 0) is 4.74 Å². The van der Waals surface area contributed by atoms with E-state index in [1.165, 1.54) is 0 Å². The first-order valence-corrected chi connectivity index (χ1v) is 4.97. The van der Waals surface area contributed by atoms with Crippen LogP contribution in [0, 0.1) is 5.92 Å². The monoisotopic (exact) mass is 190 g/mol. The van der Waals surface area contributed by atoms with Gasteiger partial charge < -0.3 is 14.3 Å². The molecule has 0 bridgehead atoms. The topological polar surface area (TPSA) is 29.5 Å². The van der Waals surface area contributed by atoms with Crippen LogP contribution in [0.25, 0.3) is 0 Å². The summed E-state index contributed by atoms with van der Waals surface area (Å²) >= 11 is 0. The fourth-order valence-corrected chi connectivity index (χ4v) is 0.813. The van der Waals surface area contributed by atoms with E-state index in [-0.39, 0.29) is 5.92 Å². The molecule has 0 fully saturated rings. The van der Waals surface area contributed by atoms with Crippen molar-refractivity contribution in [1.82, 2.24) is 0 Å². The lowest BCUT2D eigenvalue weighted by Gasteiger charge is -2.25. The molecule has 0 saturated carbocycles. The van der Waals surface area contributed by atoms with Crippen LogP contribution in [0.1, 0.15) is 20.3 Å². The summed E-state index contributed by atoms with van der Waals surface area (Å²) in [5, 5.41) is 9.49. The lowest BCUT2D eigenvalue weighted by Crippen LogP contribution is -2.38. The molecular weight excluding hydrogens is 166 g/mol. The number of aliphatic hydroxyl groups is 1. The SMILES string of the molecule is CCC(C)C(O)OCC[N+](C)(C)C. The Balaban J connectivity index is 3.53. The minimum absolute atomic E-state index is 0.229. The Hall–Kier alpha value is -0.120. The molecule has 3 heteroatoms. The van der Waals surface area contributed by atoms with Gasteiger partial charge in [-0.1, -0.05) is 13.8 Å². The van der Waals surface area contributed by atoms with Crippen LogP contribution in [-0.4, -0.2) is 50.2 Å². The van der Waals surface area contributed by atoms with Crippen molar-refractivity contribution in [2.45, 2.75) is 26.6 Å². The van der Waals surface area contributed by atoms with Gasteiger partial charge in [-0.25, -0.2) is 0 Å². The fourth-order valence-electron chi connectivity index (χ4n) is 0.813. The second kappa shape index (κ2) is 5.58. The average molecular weight is 190 g/mol. The number of hydrogen-bond acceptors (Lipinski definition) is 2. The van der Waals surface area contributed by atoms with Gasteiger partial charge in [-0.2, -0.15) is 0 Å². The van der Waals surface area contributed by atoms with Gasteiger partial charge in [0.05, 0.1) is 27.7 Å². The Morgan fingerprint density at radius 1 is 1.31 bits per heavy atom. The van der Waals surface area contributed by atoms with E-state index in [2.05, 4.69) is 28.1 Å². The molecule has 13 heavy (non-hydrogen) atoms. The zero-order valence-corrected chi connectivity index (χ0v) is 9.58. The molecule has 0 aliphatic rings.